The van der Waals surface area contributed by atoms with Gasteiger partial charge in [0.15, 0.2) is 9.84 Å². The second-order valence-electron chi connectivity index (χ2n) is 6.50. The zero-order valence-corrected chi connectivity index (χ0v) is 17.9. The van der Waals surface area contributed by atoms with Gasteiger partial charge in [-0.15, -0.1) is 23.7 Å². The molecule has 28 heavy (non-hydrogen) atoms. The fourth-order valence-corrected chi connectivity index (χ4v) is 5.79. The molecule has 0 saturated carbocycles. The van der Waals surface area contributed by atoms with Crippen LogP contribution in [0.5, 0.6) is 0 Å². The SMILES string of the molecule is COC1CS(=O)(=O)CC1NCC(=O)NC(Cc1cccs1)c1ccccn1.Cl. The van der Waals surface area contributed by atoms with E-state index in [4.69, 9.17) is 4.74 Å². The standard InChI is InChI=1S/C18H23N3O4S2.ClH/c1-25-17-12-27(23,24)11-16(17)20-10-18(22)21-15(9-13-5-4-8-26-13)14-6-2-3-7-19-14;/h2-8,15-17,20H,9-12H2,1H3,(H,21,22);1H. The number of amides is 1. The van der Waals surface area contributed by atoms with Crippen LogP contribution in [0.2, 0.25) is 0 Å². The summed E-state index contributed by atoms with van der Waals surface area (Å²) in [7, 11) is -1.65. The highest BCUT2D eigenvalue weighted by atomic mass is 35.5. The second kappa shape index (κ2) is 10.3. The molecule has 3 heterocycles. The van der Waals surface area contributed by atoms with Crippen molar-refractivity contribution in [3.63, 3.8) is 0 Å². The first kappa shape index (κ1) is 22.8. The van der Waals surface area contributed by atoms with Gasteiger partial charge in [-0.25, -0.2) is 8.42 Å². The molecule has 0 aromatic carbocycles. The Morgan fingerprint density at radius 3 is 2.79 bits per heavy atom. The van der Waals surface area contributed by atoms with Crippen LogP contribution in [0.4, 0.5) is 0 Å². The van der Waals surface area contributed by atoms with Gasteiger partial charge in [-0.3, -0.25) is 9.78 Å². The average molecular weight is 446 g/mol. The molecule has 3 atom stereocenters. The van der Waals surface area contributed by atoms with Crippen molar-refractivity contribution in [1.82, 2.24) is 15.6 Å². The van der Waals surface area contributed by atoms with Crippen molar-refractivity contribution in [1.29, 1.82) is 0 Å². The smallest absolute Gasteiger partial charge is 0.234 e. The summed E-state index contributed by atoms with van der Waals surface area (Å²) in [6.07, 6.45) is 1.92. The van der Waals surface area contributed by atoms with E-state index in [2.05, 4.69) is 15.6 Å². The van der Waals surface area contributed by atoms with Gasteiger partial charge in [-0.1, -0.05) is 12.1 Å². The molecule has 2 aromatic heterocycles. The molecule has 1 amide bonds. The lowest BCUT2D eigenvalue weighted by Crippen LogP contribution is -2.46. The van der Waals surface area contributed by atoms with Gasteiger partial charge in [0.2, 0.25) is 5.91 Å². The van der Waals surface area contributed by atoms with Gasteiger partial charge in [0.05, 0.1) is 35.9 Å². The number of methoxy groups -OCH3 is 1. The summed E-state index contributed by atoms with van der Waals surface area (Å²) in [4.78, 5) is 18.0. The van der Waals surface area contributed by atoms with Gasteiger partial charge >= 0.3 is 0 Å². The van der Waals surface area contributed by atoms with Crippen LogP contribution in [-0.2, 0) is 25.8 Å². The average Bonchev–Trinajstić information content (AvgIpc) is 3.27. The minimum atomic E-state index is -3.13. The highest BCUT2D eigenvalue weighted by Gasteiger charge is 2.37. The molecule has 1 aliphatic heterocycles. The zero-order chi connectivity index (χ0) is 19.3. The van der Waals surface area contributed by atoms with Crippen LogP contribution >= 0.6 is 23.7 Å². The Labute approximate surface area is 175 Å². The molecule has 0 spiro atoms. The van der Waals surface area contributed by atoms with E-state index in [1.807, 2.05) is 35.7 Å². The maximum atomic E-state index is 12.5. The Morgan fingerprint density at radius 1 is 1.32 bits per heavy atom. The summed E-state index contributed by atoms with van der Waals surface area (Å²) >= 11 is 1.63. The number of nitrogens with zero attached hydrogens (tertiary/aromatic N) is 1. The predicted octanol–water partition coefficient (Wildman–Crippen LogP) is 1.37. The monoisotopic (exact) mass is 445 g/mol. The molecule has 3 rings (SSSR count). The van der Waals surface area contributed by atoms with Crippen molar-refractivity contribution < 1.29 is 17.9 Å². The van der Waals surface area contributed by atoms with Crippen molar-refractivity contribution in [2.24, 2.45) is 0 Å². The summed E-state index contributed by atoms with van der Waals surface area (Å²) in [5.41, 5.74) is 0.789. The molecule has 3 unspecified atom stereocenters. The largest absolute Gasteiger partial charge is 0.379 e. The third-order valence-corrected chi connectivity index (χ3v) is 7.10. The number of pyridine rings is 1. The summed E-state index contributed by atoms with van der Waals surface area (Å²) in [6.45, 7) is 0.0216. The maximum Gasteiger partial charge on any atom is 0.234 e. The molecular weight excluding hydrogens is 422 g/mol. The summed E-state index contributed by atoms with van der Waals surface area (Å²) in [5, 5.41) is 8.02. The van der Waals surface area contributed by atoms with Gasteiger partial charge in [-0.05, 0) is 23.6 Å². The van der Waals surface area contributed by atoms with E-state index in [1.54, 1.807) is 17.5 Å². The quantitative estimate of drug-likeness (QED) is 0.636. The molecule has 0 radical (unpaired) electrons. The van der Waals surface area contributed by atoms with Gasteiger partial charge in [0.25, 0.3) is 0 Å². The van der Waals surface area contributed by atoms with Crippen LogP contribution in [0.1, 0.15) is 16.6 Å². The first-order valence-electron chi connectivity index (χ1n) is 8.66. The van der Waals surface area contributed by atoms with Gasteiger partial charge in [0, 0.05) is 30.6 Å². The lowest BCUT2D eigenvalue weighted by Gasteiger charge is -2.20. The minimum absolute atomic E-state index is 0. The van der Waals surface area contributed by atoms with E-state index in [1.165, 1.54) is 7.11 Å². The van der Waals surface area contributed by atoms with Crippen LogP contribution in [0, 0.1) is 0 Å². The van der Waals surface area contributed by atoms with Gasteiger partial charge in [-0.2, -0.15) is 0 Å². The van der Waals surface area contributed by atoms with Crippen LogP contribution in [0.3, 0.4) is 0 Å². The molecule has 0 bridgehead atoms. The predicted molar refractivity (Wildman–Crippen MR) is 112 cm³/mol. The van der Waals surface area contributed by atoms with E-state index >= 15 is 0 Å². The number of carbonyl (C=O) groups is 1. The van der Waals surface area contributed by atoms with Gasteiger partial charge in [0.1, 0.15) is 0 Å². The maximum absolute atomic E-state index is 12.5. The lowest BCUT2D eigenvalue weighted by atomic mass is 10.1. The number of ether oxygens (including phenoxy) is 1. The van der Waals surface area contributed by atoms with Crippen LogP contribution in [-0.4, -0.2) is 56.6 Å². The van der Waals surface area contributed by atoms with Crippen molar-refractivity contribution in [2.45, 2.75) is 24.6 Å². The second-order valence-corrected chi connectivity index (χ2v) is 9.68. The van der Waals surface area contributed by atoms with Gasteiger partial charge < -0.3 is 15.4 Å². The van der Waals surface area contributed by atoms with Crippen LogP contribution in [0.15, 0.2) is 41.9 Å². The van der Waals surface area contributed by atoms with Crippen molar-refractivity contribution in [3.05, 3.63) is 52.5 Å². The number of sulfone groups is 1. The Hall–Kier alpha value is -1.52. The van der Waals surface area contributed by atoms with E-state index in [0.717, 1.165) is 10.6 Å². The first-order valence-corrected chi connectivity index (χ1v) is 11.4. The highest BCUT2D eigenvalue weighted by molar-refractivity contribution is 7.91. The van der Waals surface area contributed by atoms with Crippen LogP contribution < -0.4 is 10.6 Å². The van der Waals surface area contributed by atoms with Crippen molar-refractivity contribution in [3.8, 4) is 0 Å². The number of rotatable bonds is 8. The third kappa shape index (κ3) is 6.25. The number of aromatic nitrogens is 1. The summed E-state index contributed by atoms with van der Waals surface area (Å²) in [5.74, 6) is -0.239. The van der Waals surface area contributed by atoms with E-state index in [9.17, 15) is 13.2 Å². The van der Waals surface area contributed by atoms with Crippen LogP contribution in [0.25, 0.3) is 0 Å². The molecule has 10 heteroatoms. The van der Waals surface area contributed by atoms with Crippen molar-refractivity contribution in [2.75, 3.05) is 25.2 Å². The molecule has 7 nitrogen and oxygen atoms in total. The number of nitrogens with one attached hydrogen (secondary N) is 2. The molecule has 1 aliphatic rings. The minimum Gasteiger partial charge on any atom is -0.379 e. The highest BCUT2D eigenvalue weighted by Crippen LogP contribution is 2.20. The number of hydrogen-bond acceptors (Lipinski definition) is 7. The Morgan fingerprint density at radius 2 is 2.14 bits per heavy atom. The zero-order valence-electron chi connectivity index (χ0n) is 15.4. The summed E-state index contributed by atoms with van der Waals surface area (Å²) in [6, 6.07) is 8.99. The number of hydrogen-bond donors (Lipinski definition) is 2. The number of thiophene rings is 1. The fraction of sp³-hybridized carbons (Fsp3) is 0.444. The molecule has 1 saturated heterocycles. The third-order valence-electron chi connectivity index (χ3n) is 4.49. The molecule has 1 fully saturated rings. The lowest BCUT2D eigenvalue weighted by molar-refractivity contribution is -0.121. The molecule has 2 N–H and O–H groups in total. The molecule has 154 valence electrons. The fourth-order valence-electron chi connectivity index (χ4n) is 3.15. The topological polar surface area (TPSA) is 97.4 Å². The van der Waals surface area contributed by atoms with E-state index in [-0.39, 0.29) is 48.4 Å². The Kier molecular flexibility index (Phi) is 8.38. The molecule has 2 aromatic rings. The van der Waals surface area contributed by atoms with E-state index < -0.39 is 15.9 Å². The normalized spacial score (nSPS) is 21.6. The summed E-state index contributed by atoms with van der Waals surface area (Å²) < 4.78 is 28.8. The number of carbonyl (C=O) groups excluding carboxylic acids is 1. The number of halogens is 1. The van der Waals surface area contributed by atoms with E-state index in [0.29, 0.717) is 6.42 Å². The molecule has 0 aliphatic carbocycles. The Bertz CT molecular complexity index is 847. The first-order chi connectivity index (χ1) is 13.0. The van der Waals surface area contributed by atoms with Crippen molar-refractivity contribution >= 4 is 39.5 Å². The molecular formula is C18H24ClN3O4S2. The Balaban J connectivity index is 0.00000280.